The quantitative estimate of drug-likeness (QED) is 0.659. The van der Waals surface area contributed by atoms with Gasteiger partial charge in [-0.25, -0.2) is 4.98 Å². The highest BCUT2D eigenvalue weighted by molar-refractivity contribution is 8.00. The monoisotopic (exact) mass is 318 g/mol. The fourth-order valence-electron chi connectivity index (χ4n) is 2.06. The van der Waals surface area contributed by atoms with E-state index in [0.29, 0.717) is 28.0 Å². The van der Waals surface area contributed by atoms with E-state index in [4.69, 9.17) is 4.74 Å². The third-order valence-corrected chi connectivity index (χ3v) is 4.09. The smallest absolute Gasteiger partial charge is 0.262 e. The highest BCUT2D eigenvalue weighted by atomic mass is 32.2. The summed E-state index contributed by atoms with van der Waals surface area (Å²) in [5, 5.41) is 9.64. The molecule has 0 bridgehead atoms. The first-order valence-electron chi connectivity index (χ1n) is 6.69. The van der Waals surface area contributed by atoms with Gasteiger partial charge in [0.25, 0.3) is 5.91 Å². The number of aryl methyl sites for hydroxylation is 1. The van der Waals surface area contributed by atoms with E-state index in [9.17, 15) is 9.59 Å². The lowest BCUT2D eigenvalue weighted by Gasteiger charge is -2.18. The molecule has 0 saturated carbocycles. The van der Waals surface area contributed by atoms with Gasteiger partial charge in [-0.15, -0.1) is 5.10 Å². The Balaban J connectivity index is 1.77. The summed E-state index contributed by atoms with van der Waals surface area (Å²) in [6.45, 7) is 3.60. The molecule has 7 nitrogen and oxygen atoms in total. The Labute approximate surface area is 130 Å². The normalized spacial score (nSPS) is 14.7. The number of hydrogen-bond donors (Lipinski definition) is 2. The summed E-state index contributed by atoms with van der Waals surface area (Å²) >= 11 is 1.28. The molecule has 22 heavy (non-hydrogen) atoms. The third kappa shape index (κ3) is 2.96. The summed E-state index contributed by atoms with van der Waals surface area (Å²) in [6.07, 6.45) is 0. The second-order valence-electron chi connectivity index (χ2n) is 4.88. The van der Waals surface area contributed by atoms with Crippen molar-refractivity contribution >= 4 is 29.1 Å². The second kappa shape index (κ2) is 5.80. The minimum atomic E-state index is -0.339. The van der Waals surface area contributed by atoms with Crippen molar-refractivity contribution in [2.24, 2.45) is 0 Å². The summed E-state index contributed by atoms with van der Waals surface area (Å²) in [6, 6.07) is 5.02. The first-order valence-corrected chi connectivity index (χ1v) is 7.57. The molecule has 1 atom stereocenters. The van der Waals surface area contributed by atoms with Gasteiger partial charge in [0, 0.05) is 5.56 Å². The van der Waals surface area contributed by atoms with E-state index >= 15 is 0 Å². The summed E-state index contributed by atoms with van der Waals surface area (Å²) in [5.41, 5.74) is 1.03. The Hall–Kier alpha value is -2.35. The minimum Gasteiger partial charge on any atom is -0.482 e. The van der Waals surface area contributed by atoms with Gasteiger partial charge in [0.15, 0.2) is 12.4 Å². The molecule has 0 radical (unpaired) electrons. The average Bonchev–Trinajstić information content (AvgIpc) is 2.90. The Morgan fingerprint density at radius 3 is 3.00 bits per heavy atom. The molecule has 1 aliphatic heterocycles. The Morgan fingerprint density at radius 2 is 2.27 bits per heavy atom. The summed E-state index contributed by atoms with van der Waals surface area (Å²) in [5.74, 6) is 0.989. The molecule has 8 heteroatoms. The highest BCUT2D eigenvalue weighted by Crippen LogP contribution is 2.30. The molecule has 1 aromatic heterocycles. The van der Waals surface area contributed by atoms with Crippen LogP contribution in [0.25, 0.3) is 0 Å². The highest BCUT2D eigenvalue weighted by Gasteiger charge is 2.22. The molecular weight excluding hydrogens is 304 g/mol. The number of nitrogens with one attached hydrogen (secondary N) is 2. The number of rotatable bonds is 4. The molecule has 0 spiro atoms. The number of anilines is 1. The van der Waals surface area contributed by atoms with Crippen LogP contribution in [0.4, 0.5) is 5.69 Å². The zero-order valence-electron chi connectivity index (χ0n) is 12.0. The van der Waals surface area contributed by atoms with Gasteiger partial charge < -0.3 is 10.1 Å². The van der Waals surface area contributed by atoms with Gasteiger partial charge in [-0.05, 0) is 32.0 Å². The van der Waals surface area contributed by atoms with E-state index in [0.717, 1.165) is 0 Å². The molecule has 114 valence electrons. The van der Waals surface area contributed by atoms with Crippen LogP contribution in [0.15, 0.2) is 23.4 Å². The zero-order chi connectivity index (χ0) is 15.7. The van der Waals surface area contributed by atoms with E-state index in [1.165, 1.54) is 11.8 Å². The van der Waals surface area contributed by atoms with Gasteiger partial charge in [0.05, 0.1) is 10.9 Å². The van der Waals surface area contributed by atoms with E-state index in [-0.39, 0.29) is 23.5 Å². The van der Waals surface area contributed by atoms with E-state index in [2.05, 4.69) is 20.5 Å². The van der Waals surface area contributed by atoms with E-state index in [1.807, 2.05) is 0 Å². The first kappa shape index (κ1) is 14.6. The summed E-state index contributed by atoms with van der Waals surface area (Å²) < 4.78 is 5.28. The molecule has 3 rings (SSSR count). The number of carbonyl (C=O) groups excluding carboxylic acids is 2. The molecule has 2 N–H and O–H groups in total. The average molecular weight is 318 g/mol. The number of carbonyl (C=O) groups is 2. The van der Waals surface area contributed by atoms with Gasteiger partial charge in [-0.1, -0.05) is 11.8 Å². The lowest BCUT2D eigenvalue weighted by molar-refractivity contribution is -0.118. The lowest BCUT2D eigenvalue weighted by Crippen LogP contribution is -2.25. The number of aromatic amines is 1. The van der Waals surface area contributed by atoms with Crippen LogP contribution in [0.5, 0.6) is 5.75 Å². The van der Waals surface area contributed by atoms with Gasteiger partial charge in [0.1, 0.15) is 11.6 Å². The van der Waals surface area contributed by atoms with Crippen molar-refractivity contribution in [1.29, 1.82) is 0 Å². The van der Waals surface area contributed by atoms with Crippen LogP contribution < -0.4 is 10.1 Å². The molecule has 1 aliphatic rings. The first-order chi connectivity index (χ1) is 10.5. The van der Waals surface area contributed by atoms with Crippen molar-refractivity contribution in [3.05, 3.63) is 29.6 Å². The van der Waals surface area contributed by atoms with Crippen molar-refractivity contribution in [2.75, 3.05) is 11.9 Å². The largest absolute Gasteiger partial charge is 0.482 e. The molecule has 0 aliphatic carbocycles. The van der Waals surface area contributed by atoms with Crippen LogP contribution in [0.3, 0.4) is 0 Å². The van der Waals surface area contributed by atoms with Gasteiger partial charge in [-0.2, -0.15) is 0 Å². The number of Topliss-reactive ketones (excluding diaryl/α,β-unsaturated/α-hetero) is 1. The van der Waals surface area contributed by atoms with Crippen molar-refractivity contribution in [2.45, 2.75) is 24.3 Å². The standard InChI is InChI=1S/C14H14N4O3S/c1-7(22-14-15-8(2)17-18-14)13(20)9-3-4-11-10(5-9)16-12(19)6-21-11/h3-5,7H,6H2,1-2H3,(H,16,19)(H,15,17,18)/t7-/m1/s1. The van der Waals surface area contributed by atoms with Gasteiger partial charge >= 0.3 is 0 Å². The Kier molecular flexibility index (Phi) is 3.84. The topological polar surface area (TPSA) is 97.0 Å². The number of thioether (sulfide) groups is 1. The maximum Gasteiger partial charge on any atom is 0.262 e. The molecule has 1 aromatic carbocycles. The summed E-state index contributed by atoms with van der Waals surface area (Å²) in [4.78, 5) is 28.0. The van der Waals surface area contributed by atoms with E-state index < -0.39 is 0 Å². The number of nitrogens with zero attached hydrogens (tertiary/aromatic N) is 2. The number of aromatic nitrogens is 3. The number of hydrogen-bond acceptors (Lipinski definition) is 6. The van der Waals surface area contributed by atoms with Crippen LogP contribution >= 0.6 is 11.8 Å². The SMILES string of the molecule is Cc1nc(S[C@H](C)C(=O)c2ccc3c(c2)NC(=O)CO3)n[nH]1. The fourth-order valence-corrected chi connectivity index (χ4v) is 2.90. The van der Waals surface area contributed by atoms with Crippen molar-refractivity contribution < 1.29 is 14.3 Å². The Morgan fingerprint density at radius 1 is 1.45 bits per heavy atom. The molecule has 2 heterocycles. The number of ether oxygens (including phenoxy) is 1. The predicted octanol–water partition coefficient (Wildman–Crippen LogP) is 1.81. The molecular formula is C14H14N4O3S. The molecule has 0 saturated heterocycles. The van der Waals surface area contributed by atoms with E-state index in [1.54, 1.807) is 32.0 Å². The predicted molar refractivity (Wildman–Crippen MR) is 81.3 cm³/mol. The number of amides is 1. The van der Waals surface area contributed by atoms with Crippen molar-refractivity contribution in [3.8, 4) is 5.75 Å². The zero-order valence-corrected chi connectivity index (χ0v) is 12.9. The number of ketones is 1. The van der Waals surface area contributed by atoms with Crippen LogP contribution in [0, 0.1) is 6.92 Å². The molecule has 1 amide bonds. The Bertz CT molecular complexity index is 743. The number of benzene rings is 1. The van der Waals surface area contributed by atoms with Crippen LogP contribution in [0.1, 0.15) is 23.1 Å². The second-order valence-corrected chi connectivity index (χ2v) is 6.18. The number of fused-ring (bicyclic) bond motifs is 1. The summed E-state index contributed by atoms with van der Waals surface area (Å²) in [7, 11) is 0. The maximum absolute atomic E-state index is 12.5. The molecule has 0 unspecified atom stereocenters. The maximum atomic E-state index is 12.5. The van der Waals surface area contributed by atoms with Crippen LogP contribution in [0.2, 0.25) is 0 Å². The van der Waals surface area contributed by atoms with Crippen LogP contribution in [-0.4, -0.2) is 38.7 Å². The van der Waals surface area contributed by atoms with Crippen LogP contribution in [-0.2, 0) is 4.79 Å². The third-order valence-electron chi connectivity index (χ3n) is 3.13. The lowest BCUT2D eigenvalue weighted by atomic mass is 10.1. The van der Waals surface area contributed by atoms with Gasteiger partial charge in [0.2, 0.25) is 5.16 Å². The number of H-pyrrole nitrogens is 1. The molecule has 2 aromatic rings. The van der Waals surface area contributed by atoms with Crippen molar-refractivity contribution in [3.63, 3.8) is 0 Å². The minimum absolute atomic E-state index is 0.00325. The van der Waals surface area contributed by atoms with Crippen molar-refractivity contribution in [1.82, 2.24) is 15.2 Å². The molecule has 0 fully saturated rings. The fraction of sp³-hybridized carbons (Fsp3) is 0.286. The van der Waals surface area contributed by atoms with Gasteiger partial charge in [-0.3, -0.25) is 14.7 Å².